The molecular weight excluding hydrogens is 230 g/mol. The van der Waals surface area contributed by atoms with Crippen LogP contribution in [0.3, 0.4) is 0 Å². The molecule has 0 aromatic heterocycles. The molecule has 1 N–H and O–H groups in total. The molecule has 2 unspecified atom stereocenters. The first-order valence-electron chi connectivity index (χ1n) is 7.23. The molecule has 0 radical (unpaired) electrons. The van der Waals surface area contributed by atoms with Crippen LogP contribution in [0.1, 0.15) is 29.5 Å². The van der Waals surface area contributed by atoms with E-state index in [9.17, 15) is 0 Å². The zero-order valence-electron chi connectivity index (χ0n) is 11.5. The zero-order chi connectivity index (χ0) is 13.1. The molecule has 0 saturated carbocycles. The number of likely N-dealkylation sites (N-methyl/N-ethyl adjacent to an activating group) is 1. The third-order valence-corrected chi connectivity index (χ3v) is 4.14. The Kier molecular flexibility index (Phi) is 3.65. The summed E-state index contributed by atoms with van der Waals surface area (Å²) >= 11 is 0. The quantitative estimate of drug-likeness (QED) is 0.857. The Morgan fingerprint density at radius 2 is 1.79 bits per heavy atom. The van der Waals surface area contributed by atoms with Crippen LogP contribution >= 0.6 is 0 Å². The van der Waals surface area contributed by atoms with Gasteiger partial charge in [-0.05, 0) is 36.1 Å². The largest absolute Gasteiger partial charge is 0.313 e. The van der Waals surface area contributed by atoms with E-state index in [1.807, 2.05) is 0 Å². The minimum absolute atomic E-state index is 0.558. The maximum atomic E-state index is 3.67. The predicted molar refractivity (Wildman–Crippen MR) is 80.5 cm³/mol. The molecule has 2 aromatic carbocycles. The standard InChI is InChI=1S/C18H21N/c1-2-19-18(12-14-8-4-3-5-9-14)17-13-15-10-6-7-11-16(15)17/h3-11,17-19H,2,12-13H2,1H3. The van der Waals surface area contributed by atoms with Crippen molar-refractivity contribution in [3.05, 3.63) is 71.3 Å². The Bertz CT molecular complexity index is 532. The highest BCUT2D eigenvalue weighted by Gasteiger charge is 2.32. The summed E-state index contributed by atoms with van der Waals surface area (Å²) in [6, 6.07) is 20.2. The summed E-state index contributed by atoms with van der Waals surface area (Å²) in [5, 5.41) is 3.67. The molecule has 2 atom stereocenters. The lowest BCUT2D eigenvalue weighted by Gasteiger charge is -2.37. The number of hydrogen-bond donors (Lipinski definition) is 1. The van der Waals surface area contributed by atoms with E-state index in [-0.39, 0.29) is 0 Å². The van der Waals surface area contributed by atoms with Gasteiger partial charge in [0, 0.05) is 12.0 Å². The molecule has 0 bridgehead atoms. The molecule has 19 heavy (non-hydrogen) atoms. The SMILES string of the molecule is CCNC(Cc1ccccc1)C1Cc2ccccc21. The summed E-state index contributed by atoms with van der Waals surface area (Å²) in [4.78, 5) is 0. The predicted octanol–water partition coefficient (Wildman–Crippen LogP) is 3.55. The molecule has 1 aliphatic rings. The Morgan fingerprint density at radius 3 is 2.53 bits per heavy atom. The van der Waals surface area contributed by atoms with Gasteiger partial charge < -0.3 is 5.32 Å². The maximum Gasteiger partial charge on any atom is 0.0179 e. The minimum atomic E-state index is 0.558. The van der Waals surface area contributed by atoms with E-state index in [2.05, 4.69) is 66.8 Å². The Morgan fingerprint density at radius 1 is 1.05 bits per heavy atom. The summed E-state index contributed by atoms with van der Waals surface area (Å²) in [6.45, 7) is 3.23. The van der Waals surface area contributed by atoms with E-state index in [0.29, 0.717) is 12.0 Å². The first kappa shape index (κ1) is 12.4. The van der Waals surface area contributed by atoms with E-state index < -0.39 is 0 Å². The third-order valence-electron chi connectivity index (χ3n) is 4.14. The Balaban J connectivity index is 1.76. The molecule has 98 valence electrons. The summed E-state index contributed by atoms with van der Waals surface area (Å²) in [5.41, 5.74) is 4.51. The first-order valence-corrected chi connectivity index (χ1v) is 7.23. The fourth-order valence-electron chi connectivity index (χ4n) is 3.14. The molecule has 0 saturated heterocycles. The van der Waals surface area contributed by atoms with Crippen LogP contribution in [0.15, 0.2) is 54.6 Å². The summed E-state index contributed by atoms with van der Waals surface area (Å²) in [7, 11) is 0. The second-order valence-electron chi connectivity index (χ2n) is 5.36. The average Bonchev–Trinajstić information content (AvgIpc) is 2.41. The van der Waals surface area contributed by atoms with Crippen molar-refractivity contribution in [2.75, 3.05) is 6.54 Å². The summed E-state index contributed by atoms with van der Waals surface area (Å²) < 4.78 is 0. The van der Waals surface area contributed by atoms with E-state index >= 15 is 0 Å². The molecular formula is C18H21N. The fourth-order valence-corrected chi connectivity index (χ4v) is 3.14. The zero-order valence-corrected chi connectivity index (χ0v) is 11.5. The van der Waals surface area contributed by atoms with Gasteiger partial charge in [-0.25, -0.2) is 0 Å². The van der Waals surface area contributed by atoms with Crippen LogP contribution in [-0.4, -0.2) is 12.6 Å². The molecule has 0 fully saturated rings. The van der Waals surface area contributed by atoms with Crippen LogP contribution in [0, 0.1) is 0 Å². The van der Waals surface area contributed by atoms with E-state index in [1.165, 1.54) is 17.5 Å². The van der Waals surface area contributed by atoms with Crippen LogP contribution in [0.5, 0.6) is 0 Å². The number of fused-ring (bicyclic) bond motifs is 1. The van der Waals surface area contributed by atoms with Gasteiger partial charge >= 0.3 is 0 Å². The summed E-state index contributed by atoms with van der Waals surface area (Å²) in [6.07, 6.45) is 2.34. The second kappa shape index (κ2) is 5.58. The van der Waals surface area contributed by atoms with Gasteiger partial charge in [-0.3, -0.25) is 0 Å². The van der Waals surface area contributed by atoms with Crippen LogP contribution < -0.4 is 5.32 Å². The lowest BCUT2D eigenvalue weighted by Crippen LogP contribution is -2.41. The van der Waals surface area contributed by atoms with E-state index in [0.717, 1.165) is 13.0 Å². The summed E-state index contributed by atoms with van der Waals surface area (Å²) in [5.74, 6) is 0.677. The highest BCUT2D eigenvalue weighted by Crippen LogP contribution is 2.38. The second-order valence-corrected chi connectivity index (χ2v) is 5.36. The number of benzene rings is 2. The van der Waals surface area contributed by atoms with Crippen LogP contribution in [0.4, 0.5) is 0 Å². The minimum Gasteiger partial charge on any atom is -0.313 e. The Labute approximate surface area is 115 Å². The molecule has 3 rings (SSSR count). The molecule has 0 spiro atoms. The lowest BCUT2D eigenvalue weighted by molar-refractivity contribution is 0.405. The third kappa shape index (κ3) is 2.57. The van der Waals surface area contributed by atoms with E-state index in [4.69, 9.17) is 0 Å². The van der Waals surface area contributed by atoms with Gasteiger partial charge in [0.25, 0.3) is 0 Å². The fraction of sp³-hybridized carbons (Fsp3) is 0.333. The Hall–Kier alpha value is -1.60. The monoisotopic (exact) mass is 251 g/mol. The lowest BCUT2D eigenvalue weighted by atomic mass is 9.72. The van der Waals surface area contributed by atoms with Crippen LogP contribution in [0.25, 0.3) is 0 Å². The first-order chi connectivity index (χ1) is 9.38. The highest BCUT2D eigenvalue weighted by atomic mass is 14.9. The van der Waals surface area contributed by atoms with Crippen molar-refractivity contribution in [2.24, 2.45) is 0 Å². The normalized spacial score (nSPS) is 18.5. The van der Waals surface area contributed by atoms with Gasteiger partial charge in [0.1, 0.15) is 0 Å². The van der Waals surface area contributed by atoms with Crippen molar-refractivity contribution < 1.29 is 0 Å². The number of nitrogens with one attached hydrogen (secondary N) is 1. The maximum absolute atomic E-state index is 3.67. The van der Waals surface area contributed by atoms with Crippen molar-refractivity contribution in [2.45, 2.75) is 31.7 Å². The van der Waals surface area contributed by atoms with Gasteiger partial charge in [-0.2, -0.15) is 0 Å². The van der Waals surface area contributed by atoms with Gasteiger partial charge in [-0.15, -0.1) is 0 Å². The van der Waals surface area contributed by atoms with Gasteiger partial charge in [-0.1, -0.05) is 61.5 Å². The van der Waals surface area contributed by atoms with Crippen molar-refractivity contribution in [1.29, 1.82) is 0 Å². The molecule has 2 aromatic rings. The number of hydrogen-bond acceptors (Lipinski definition) is 1. The smallest absolute Gasteiger partial charge is 0.0179 e. The van der Waals surface area contributed by atoms with Crippen molar-refractivity contribution in [3.8, 4) is 0 Å². The molecule has 1 aliphatic carbocycles. The van der Waals surface area contributed by atoms with Crippen molar-refractivity contribution in [1.82, 2.24) is 5.32 Å². The molecule has 0 amide bonds. The van der Waals surface area contributed by atoms with E-state index in [1.54, 1.807) is 5.56 Å². The molecule has 0 heterocycles. The molecule has 0 aliphatic heterocycles. The topological polar surface area (TPSA) is 12.0 Å². The highest BCUT2D eigenvalue weighted by molar-refractivity contribution is 5.41. The average molecular weight is 251 g/mol. The van der Waals surface area contributed by atoms with Gasteiger partial charge in [0.2, 0.25) is 0 Å². The van der Waals surface area contributed by atoms with Crippen molar-refractivity contribution in [3.63, 3.8) is 0 Å². The van der Waals surface area contributed by atoms with Crippen LogP contribution in [-0.2, 0) is 12.8 Å². The molecule has 1 nitrogen and oxygen atoms in total. The molecule has 1 heteroatoms. The van der Waals surface area contributed by atoms with Gasteiger partial charge in [0.15, 0.2) is 0 Å². The number of rotatable bonds is 5. The van der Waals surface area contributed by atoms with Gasteiger partial charge in [0.05, 0.1) is 0 Å². The van der Waals surface area contributed by atoms with Crippen LogP contribution in [0.2, 0.25) is 0 Å². The van der Waals surface area contributed by atoms with Crippen molar-refractivity contribution >= 4 is 0 Å².